The zero-order valence-corrected chi connectivity index (χ0v) is 19.3. The summed E-state index contributed by atoms with van der Waals surface area (Å²) in [6, 6.07) is 15.4. The molecule has 0 fully saturated rings. The summed E-state index contributed by atoms with van der Waals surface area (Å²) in [5.41, 5.74) is 3.26. The van der Waals surface area contributed by atoms with Crippen molar-refractivity contribution in [3.05, 3.63) is 94.7 Å². The van der Waals surface area contributed by atoms with Crippen molar-refractivity contribution in [2.24, 2.45) is 0 Å². The summed E-state index contributed by atoms with van der Waals surface area (Å²) in [6.07, 6.45) is 0.0107. The molecule has 2 amide bonds. The van der Waals surface area contributed by atoms with Crippen LogP contribution in [0.4, 0.5) is 20.2 Å². The van der Waals surface area contributed by atoms with Gasteiger partial charge < -0.3 is 10.1 Å². The van der Waals surface area contributed by atoms with E-state index in [0.29, 0.717) is 17.0 Å². The normalized spacial score (nSPS) is 13.8. The van der Waals surface area contributed by atoms with Crippen molar-refractivity contribution in [3.63, 3.8) is 0 Å². The highest BCUT2D eigenvalue weighted by molar-refractivity contribution is 6.46. The summed E-state index contributed by atoms with van der Waals surface area (Å²) in [5.74, 6) is -2.82. The first kappa shape index (κ1) is 23.2. The highest BCUT2D eigenvalue weighted by Gasteiger charge is 2.40. The van der Waals surface area contributed by atoms with E-state index in [1.165, 1.54) is 6.07 Å². The molecule has 3 aromatic rings. The molecule has 0 bridgehead atoms. The fourth-order valence-electron chi connectivity index (χ4n) is 3.70. The lowest BCUT2D eigenvalue weighted by Gasteiger charge is -2.16. The van der Waals surface area contributed by atoms with Gasteiger partial charge in [0.1, 0.15) is 11.4 Å². The molecule has 1 aliphatic heterocycles. The minimum absolute atomic E-state index is 0.0107. The smallest absolute Gasteiger partial charge is 0.282 e. The Morgan fingerprint density at radius 2 is 1.53 bits per heavy atom. The highest BCUT2D eigenvalue weighted by Crippen LogP contribution is 2.35. The second kappa shape index (κ2) is 9.09. The van der Waals surface area contributed by atoms with Crippen LogP contribution < -0.4 is 15.0 Å². The number of amides is 2. The van der Waals surface area contributed by atoms with E-state index < -0.39 is 23.4 Å². The average molecular weight is 462 g/mol. The zero-order valence-electron chi connectivity index (χ0n) is 19.3. The summed E-state index contributed by atoms with van der Waals surface area (Å²) in [5, 5.41) is 3.05. The Balaban J connectivity index is 1.77. The van der Waals surface area contributed by atoms with E-state index in [4.69, 9.17) is 4.74 Å². The molecule has 0 spiro atoms. The zero-order chi connectivity index (χ0) is 24.6. The second-order valence-electron chi connectivity index (χ2n) is 8.41. The van der Waals surface area contributed by atoms with Crippen molar-refractivity contribution in [1.82, 2.24) is 0 Å². The molecule has 5 nitrogen and oxygen atoms in total. The quantitative estimate of drug-likeness (QED) is 0.473. The van der Waals surface area contributed by atoms with Crippen LogP contribution >= 0.6 is 0 Å². The lowest BCUT2D eigenvalue weighted by Crippen LogP contribution is -2.32. The number of ether oxygens (including phenoxy) is 1. The number of carbonyl (C=O) groups is 2. The van der Waals surface area contributed by atoms with Gasteiger partial charge in [0.25, 0.3) is 11.8 Å². The van der Waals surface area contributed by atoms with Gasteiger partial charge in [-0.2, -0.15) is 0 Å². The number of benzene rings is 3. The maximum atomic E-state index is 13.9. The van der Waals surface area contributed by atoms with Crippen LogP contribution in [0.25, 0.3) is 5.57 Å². The lowest BCUT2D eigenvalue weighted by atomic mass is 9.99. The van der Waals surface area contributed by atoms with E-state index in [1.807, 2.05) is 39.8 Å². The number of carbonyl (C=O) groups excluding carboxylic acids is 2. The first-order chi connectivity index (χ1) is 16.2. The van der Waals surface area contributed by atoms with Gasteiger partial charge in [-0.15, -0.1) is 0 Å². The van der Waals surface area contributed by atoms with Crippen molar-refractivity contribution in [2.45, 2.75) is 33.8 Å². The van der Waals surface area contributed by atoms with Crippen molar-refractivity contribution in [2.75, 3.05) is 10.2 Å². The van der Waals surface area contributed by atoms with Crippen molar-refractivity contribution < 1.29 is 23.1 Å². The average Bonchev–Trinajstić information content (AvgIpc) is 3.02. The number of imide groups is 1. The Morgan fingerprint density at radius 1 is 0.824 bits per heavy atom. The Labute approximate surface area is 196 Å². The standard InChI is InChI=1S/C27H24F2N2O3/c1-15(2)34-21-10-7-19(8-11-21)30-25-24(18-6-5-16(3)17(4)13-18)26(32)31(27(25)33)20-9-12-22(28)23(29)14-20/h5-15,30H,1-4H3. The molecule has 4 rings (SSSR count). The molecule has 34 heavy (non-hydrogen) atoms. The molecule has 0 aromatic heterocycles. The van der Waals surface area contributed by atoms with Gasteiger partial charge in [-0.3, -0.25) is 9.59 Å². The summed E-state index contributed by atoms with van der Waals surface area (Å²) in [4.78, 5) is 27.7. The molecule has 1 heterocycles. The minimum Gasteiger partial charge on any atom is -0.491 e. The molecule has 174 valence electrons. The molecule has 0 unspecified atom stereocenters. The number of aryl methyl sites for hydroxylation is 2. The first-order valence-corrected chi connectivity index (χ1v) is 10.8. The number of nitrogens with one attached hydrogen (secondary N) is 1. The Hall–Kier alpha value is -4.00. The number of hydrogen-bond donors (Lipinski definition) is 1. The van der Waals surface area contributed by atoms with Gasteiger partial charge in [-0.1, -0.05) is 18.2 Å². The number of hydrogen-bond acceptors (Lipinski definition) is 4. The Kier molecular flexibility index (Phi) is 6.20. The van der Waals surface area contributed by atoms with Gasteiger partial charge in [0.05, 0.1) is 17.4 Å². The van der Waals surface area contributed by atoms with Gasteiger partial charge in [0, 0.05) is 11.8 Å². The fourth-order valence-corrected chi connectivity index (χ4v) is 3.70. The van der Waals surface area contributed by atoms with E-state index in [9.17, 15) is 18.4 Å². The predicted molar refractivity (Wildman–Crippen MR) is 128 cm³/mol. The molecule has 0 saturated heterocycles. The highest BCUT2D eigenvalue weighted by atomic mass is 19.2. The monoisotopic (exact) mass is 462 g/mol. The van der Waals surface area contributed by atoms with Crippen molar-refractivity contribution in [1.29, 1.82) is 0 Å². The molecular weight excluding hydrogens is 438 g/mol. The molecule has 3 aromatic carbocycles. The first-order valence-electron chi connectivity index (χ1n) is 10.8. The second-order valence-corrected chi connectivity index (χ2v) is 8.41. The van der Waals surface area contributed by atoms with Gasteiger partial charge in [-0.05, 0) is 80.8 Å². The number of rotatable bonds is 6. The van der Waals surface area contributed by atoms with Crippen LogP contribution in [-0.2, 0) is 9.59 Å². The largest absolute Gasteiger partial charge is 0.491 e. The Bertz CT molecular complexity index is 1310. The van der Waals surface area contributed by atoms with Crippen LogP contribution in [0.15, 0.2) is 66.4 Å². The summed E-state index contributed by atoms with van der Waals surface area (Å²) in [7, 11) is 0. The topological polar surface area (TPSA) is 58.6 Å². The Morgan fingerprint density at radius 3 is 2.15 bits per heavy atom. The third-order valence-corrected chi connectivity index (χ3v) is 5.54. The number of halogens is 2. The summed E-state index contributed by atoms with van der Waals surface area (Å²) in [6.45, 7) is 7.70. The molecule has 7 heteroatoms. The van der Waals surface area contributed by atoms with Crippen LogP contribution in [0.5, 0.6) is 5.75 Å². The van der Waals surface area contributed by atoms with Gasteiger partial charge in [0.2, 0.25) is 0 Å². The third kappa shape index (κ3) is 4.41. The molecular formula is C27H24F2N2O3. The number of nitrogens with zero attached hydrogens (tertiary/aromatic N) is 1. The van der Waals surface area contributed by atoms with E-state index in [-0.39, 0.29) is 23.1 Å². The molecule has 1 aliphatic rings. The minimum atomic E-state index is -1.15. The summed E-state index contributed by atoms with van der Waals surface area (Å²) < 4.78 is 33.0. The van der Waals surface area contributed by atoms with Crippen molar-refractivity contribution in [3.8, 4) is 5.75 Å². The van der Waals surface area contributed by atoms with Crippen LogP contribution in [0.3, 0.4) is 0 Å². The molecule has 0 radical (unpaired) electrons. The van der Waals surface area contributed by atoms with E-state index in [1.54, 1.807) is 30.3 Å². The van der Waals surface area contributed by atoms with Crippen LogP contribution in [0, 0.1) is 25.5 Å². The third-order valence-electron chi connectivity index (χ3n) is 5.54. The molecule has 0 saturated carbocycles. The van der Waals surface area contributed by atoms with Gasteiger partial charge in [0.15, 0.2) is 11.6 Å². The van der Waals surface area contributed by atoms with Crippen LogP contribution in [0.1, 0.15) is 30.5 Å². The predicted octanol–water partition coefficient (Wildman–Crippen LogP) is 5.77. The molecule has 0 atom stereocenters. The van der Waals surface area contributed by atoms with E-state index in [0.717, 1.165) is 28.2 Å². The van der Waals surface area contributed by atoms with Gasteiger partial charge in [-0.25, -0.2) is 13.7 Å². The van der Waals surface area contributed by atoms with Crippen LogP contribution in [-0.4, -0.2) is 17.9 Å². The van der Waals surface area contributed by atoms with Gasteiger partial charge >= 0.3 is 0 Å². The lowest BCUT2D eigenvalue weighted by molar-refractivity contribution is -0.120. The number of anilines is 2. The SMILES string of the molecule is Cc1ccc(C2=C(Nc3ccc(OC(C)C)cc3)C(=O)N(c3ccc(F)c(F)c3)C2=O)cc1C. The fraction of sp³-hybridized carbons (Fsp3) is 0.185. The maximum Gasteiger partial charge on any atom is 0.282 e. The maximum absolute atomic E-state index is 13.9. The van der Waals surface area contributed by atoms with Crippen molar-refractivity contribution >= 4 is 28.8 Å². The molecule has 0 aliphatic carbocycles. The van der Waals surface area contributed by atoms with Crippen LogP contribution in [0.2, 0.25) is 0 Å². The summed E-state index contributed by atoms with van der Waals surface area (Å²) >= 11 is 0. The molecule has 1 N–H and O–H groups in total. The van der Waals surface area contributed by atoms with E-state index in [2.05, 4.69) is 5.32 Å². The van der Waals surface area contributed by atoms with E-state index >= 15 is 0 Å².